The number of hydrogen-bond donors (Lipinski definition) is 3. The number of benzene rings is 1. The summed E-state index contributed by atoms with van der Waals surface area (Å²) in [6.07, 6.45) is 2.70. The van der Waals surface area contributed by atoms with Gasteiger partial charge in [-0.15, -0.1) is 24.0 Å². The summed E-state index contributed by atoms with van der Waals surface area (Å²) in [7, 11) is 0. The summed E-state index contributed by atoms with van der Waals surface area (Å²) in [5, 5.41) is 12.8. The number of hydrogen-bond acceptors (Lipinski definition) is 5. The quantitative estimate of drug-likeness (QED) is 0.209. The molecule has 0 aliphatic carbocycles. The van der Waals surface area contributed by atoms with Crippen LogP contribution in [0.2, 0.25) is 0 Å². The highest BCUT2D eigenvalue weighted by atomic mass is 127. The van der Waals surface area contributed by atoms with Crippen LogP contribution in [0.4, 0.5) is 0 Å². The van der Waals surface area contributed by atoms with E-state index in [4.69, 9.17) is 10.5 Å². The first-order valence-electron chi connectivity index (χ1n) is 10.5. The molecule has 2 aliphatic rings. The molecule has 4 N–H and O–H groups in total. The molecule has 0 bridgehead atoms. The molecular formula is C21H36IN5O2. The van der Waals surface area contributed by atoms with Crippen molar-refractivity contribution in [2.24, 2.45) is 10.7 Å². The second-order valence-corrected chi connectivity index (χ2v) is 7.76. The number of rotatable bonds is 8. The standard InChI is InChI=1S/C21H35N5O2.HI/c22-21(23-8-1-9-25-12-14-28-15-13-25)24-16-18-2-4-19(5-3-18)17-26-10-6-20(27)7-11-26;/h2-5,20,27H,1,6-17H2,(H3,22,23,24);1H. The van der Waals surface area contributed by atoms with E-state index >= 15 is 0 Å². The van der Waals surface area contributed by atoms with Crippen LogP contribution in [0.1, 0.15) is 30.4 Å². The number of nitrogens with two attached hydrogens (primary N) is 1. The van der Waals surface area contributed by atoms with Gasteiger partial charge >= 0.3 is 0 Å². The summed E-state index contributed by atoms with van der Waals surface area (Å²) < 4.78 is 5.36. The van der Waals surface area contributed by atoms with E-state index in [1.54, 1.807) is 0 Å². The van der Waals surface area contributed by atoms with Gasteiger partial charge in [0.25, 0.3) is 0 Å². The number of likely N-dealkylation sites (tertiary alicyclic amines) is 1. The molecule has 2 aliphatic heterocycles. The molecule has 2 saturated heterocycles. The Labute approximate surface area is 191 Å². The first-order chi connectivity index (χ1) is 13.7. The minimum atomic E-state index is -0.116. The smallest absolute Gasteiger partial charge is 0.188 e. The molecule has 3 rings (SSSR count). The van der Waals surface area contributed by atoms with Gasteiger partial charge in [0.1, 0.15) is 0 Å². The van der Waals surface area contributed by atoms with Crippen molar-refractivity contribution in [1.82, 2.24) is 15.1 Å². The number of piperidine rings is 1. The maximum Gasteiger partial charge on any atom is 0.188 e. The van der Waals surface area contributed by atoms with Crippen LogP contribution in [0.5, 0.6) is 0 Å². The Bertz CT molecular complexity index is 600. The van der Waals surface area contributed by atoms with Crippen LogP contribution >= 0.6 is 24.0 Å². The van der Waals surface area contributed by atoms with E-state index in [1.165, 1.54) is 5.56 Å². The fraction of sp³-hybridized carbons (Fsp3) is 0.667. The highest BCUT2D eigenvalue weighted by Gasteiger charge is 2.16. The van der Waals surface area contributed by atoms with Crippen LogP contribution in [-0.2, 0) is 17.8 Å². The number of aliphatic hydroxyl groups excluding tert-OH is 1. The Morgan fingerprint density at radius 3 is 2.41 bits per heavy atom. The molecule has 164 valence electrons. The zero-order valence-electron chi connectivity index (χ0n) is 17.3. The predicted molar refractivity (Wildman–Crippen MR) is 128 cm³/mol. The summed E-state index contributed by atoms with van der Waals surface area (Å²) in [5.74, 6) is 0.512. The van der Waals surface area contributed by atoms with Crippen molar-refractivity contribution >= 4 is 29.9 Å². The van der Waals surface area contributed by atoms with Crippen LogP contribution < -0.4 is 11.1 Å². The van der Waals surface area contributed by atoms with Gasteiger partial charge in [-0.1, -0.05) is 24.3 Å². The van der Waals surface area contributed by atoms with Crippen LogP contribution in [-0.4, -0.2) is 79.5 Å². The van der Waals surface area contributed by atoms with E-state index in [-0.39, 0.29) is 30.1 Å². The topological polar surface area (TPSA) is 86.3 Å². The number of aliphatic imine (C=N–C) groups is 1. The number of nitrogens with one attached hydrogen (secondary N) is 1. The van der Waals surface area contributed by atoms with Crippen LogP contribution in [0, 0.1) is 0 Å². The fourth-order valence-electron chi connectivity index (χ4n) is 3.66. The zero-order valence-corrected chi connectivity index (χ0v) is 19.6. The Morgan fingerprint density at radius 1 is 1.07 bits per heavy atom. The molecule has 0 atom stereocenters. The summed E-state index contributed by atoms with van der Waals surface area (Å²) in [4.78, 5) is 9.27. The third kappa shape index (κ3) is 9.17. The number of guanidine groups is 1. The Balaban J connectivity index is 0.00000300. The van der Waals surface area contributed by atoms with E-state index in [9.17, 15) is 5.11 Å². The summed E-state index contributed by atoms with van der Waals surface area (Å²) in [6, 6.07) is 8.59. The summed E-state index contributed by atoms with van der Waals surface area (Å²) >= 11 is 0. The average Bonchev–Trinajstić information content (AvgIpc) is 2.73. The van der Waals surface area contributed by atoms with Crippen molar-refractivity contribution in [2.75, 3.05) is 52.5 Å². The number of aliphatic hydroxyl groups is 1. The maximum absolute atomic E-state index is 9.60. The molecule has 0 unspecified atom stereocenters. The molecule has 29 heavy (non-hydrogen) atoms. The Hall–Kier alpha value is -0.940. The van der Waals surface area contributed by atoms with Gasteiger partial charge in [0.15, 0.2) is 5.96 Å². The van der Waals surface area contributed by atoms with Crippen molar-refractivity contribution in [3.8, 4) is 0 Å². The lowest BCUT2D eigenvalue weighted by Gasteiger charge is -2.29. The largest absolute Gasteiger partial charge is 0.393 e. The van der Waals surface area contributed by atoms with Crippen molar-refractivity contribution in [2.45, 2.75) is 38.5 Å². The number of nitrogens with zero attached hydrogens (tertiary/aromatic N) is 3. The second-order valence-electron chi connectivity index (χ2n) is 7.76. The van der Waals surface area contributed by atoms with Crippen molar-refractivity contribution in [3.63, 3.8) is 0 Å². The molecule has 0 radical (unpaired) electrons. The van der Waals surface area contributed by atoms with E-state index in [0.717, 1.165) is 83.9 Å². The SMILES string of the molecule is I.NC(=NCc1ccc(CN2CCC(O)CC2)cc1)NCCCN1CCOCC1. The molecule has 7 nitrogen and oxygen atoms in total. The van der Waals surface area contributed by atoms with E-state index in [0.29, 0.717) is 12.5 Å². The highest BCUT2D eigenvalue weighted by Crippen LogP contribution is 2.14. The number of morpholine rings is 1. The minimum Gasteiger partial charge on any atom is -0.393 e. The number of ether oxygens (including phenoxy) is 1. The molecule has 8 heteroatoms. The predicted octanol–water partition coefficient (Wildman–Crippen LogP) is 1.39. The molecule has 0 aromatic heterocycles. The minimum absolute atomic E-state index is 0. The monoisotopic (exact) mass is 517 g/mol. The third-order valence-corrected chi connectivity index (χ3v) is 5.48. The van der Waals surface area contributed by atoms with Crippen LogP contribution in [0.3, 0.4) is 0 Å². The van der Waals surface area contributed by atoms with E-state index < -0.39 is 0 Å². The van der Waals surface area contributed by atoms with Gasteiger partial charge in [-0.05, 0) is 36.9 Å². The molecule has 1 aromatic rings. The third-order valence-electron chi connectivity index (χ3n) is 5.48. The average molecular weight is 517 g/mol. The molecule has 2 fully saturated rings. The first kappa shape index (κ1) is 24.3. The lowest BCUT2D eigenvalue weighted by molar-refractivity contribution is 0.0376. The van der Waals surface area contributed by atoms with E-state index in [2.05, 4.69) is 44.4 Å². The van der Waals surface area contributed by atoms with Gasteiger partial charge < -0.3 is 20.9 Å². The van der Waals surface area contributed by atoms with Gasteiger partial charge in [-0.3, -0.25) is 9.80 Å². The van der Waals surface area contributed by atoms with Crippen LogP contribution in [0.25, 0.3) is 0 Å². The highest BCUT2D eigenvalue weighted by molar-refractivity contribution is 14.0. The lowest BCUT2D eigenvalue weighted by atomic mass is 10.1. The molecule has 0 saturated carbocycles. The van der Waals surface area contributed by atoms with Crippen LogP contribution in [0.15, 0.2) is 29.3 Å². The lowest BCUT2D eigenvalue weighted by Crippen LogP contribution is -2.39. The zero-order chi connectivity index (χ0) is 19.6. The normalized spacial score (nSPS) is 19.7. The first-order valence-corrected chi connectivity index (χ1v) is 10.5. The molecule has 0 amide bonds. The Kier molecular flexibility index (Phi) is 11.2. The van der Waals surface area contributed by atoms with Crippen molar-refractivity contribution in [1.29, 1.82) is 0 Å². The number of halogens is 1. The fourth-order valence-corrected chi connectivity index (χ4v) is 3.66. The van der Waals surface area contributed by atoms with Gasteiger partial charge in [0, 0.05) is 39.3 Å². The van der Waals surface area contributed by atoms with Crippen molar-refractivity contribution < 1.29 is 9.84 Å². The molecule has 0 spiro atoms. The van der Waals surface area contributed by atoms with Gasteiger partial charge in [0.05, 0.1) is 25.9 Å². The van der Waals surface area contributed by atoms with Gasteiger partial charge in [-0.25, -0.2) is 4.99 Å². The maximum atomic E-state index is 9.60. The van der Waals surface area contributed by atoms with Gasteiger partial charge in [-0.2, -0.15) is 0 Å². The Morgan fingerprint density at radius 2 is 1.72 bits per heavy atom. The summed E-state index contributed by atoms with van der Waals surface area (Å²) in [6.45, 7) is 9.15. The van der Waals surface area contributed by atoms with E-state index in [1.807, 2.05) is 0 Å². The second kappa shape index (κ2) is 13.4. The molecule has 1 aromatic carbocycles. The molecule has 2 heterocycles. The van der Waals surface area contributed by atoms with Gasteiger partial charge in [0.2, 0.25) is 0 Å². The summed E-state index contributed by atoms with van der Waals surface area (Å²) in [5.41, 5.74) is 8.45. The van der Waals surface area contributed by atoms with Crippen molar-refractivity contribution in [3.05, 3.63) is 35.4 Å². The molecular weight excluding hydrogens is 481 g/mol.